The number of amides is 2. The molecule has 0 spiro atoms. The molecule has 0 bridgehead atoms. The summed E-state index contributed by atoms with van der Waals surface area (Å²) >= 11 is 1.49. The number of aromatic nitrogens is 1. The number of ether oxygens (including phenoxy) is 1. The number of pyridine rings is 1. The number of rotatable bonds is 5. The lowest BCUT2D eigenvalue weighted by Crippen LogP contribution is -2.49. The lowest BCUT2D eigenvalue weighted by molar-refractivity contribution is -0.131. The SMILES string of the molecule is COc1cccc(N2CCN(C(=O)CCN3C(=O)c4cccnc4Sc4ccccc43)CC2)c1. The van der Waals surface area contributed by atoms with E-state index in [-0.39, 0.29) is 18.2 Å². The molecule has 2 aliphatic rings. The monoisotopic (exact) mass is 474 g/mol. The Morgan fingerprint density at radius 3 is 2.68 bits per heavy atom. The zero-order valence-corrected chi connectivity index (χ0v) is 19.8. The van der Waals surface area contributed by atoms with Crippen LogP contribution in [0.15, 0.2) is 76.8 Å². The molecule has 2 amide bonds. The van der Waals surface area contributed by atoms with Crippen molar-refractivity contribution in [1.82, 2.24) is 9.88 Å². The molecular formula is C26H26N4O3S. The Labute approximate surface area is 203 Å². The van der Waals surface area contributed by atoms with E-state index >= 15 is 0 Å². The van der Waals surface area contributed by atoms with Gasteiger partial charge in [-0.25, -0.2) is 4.98 Å². The van der Waals surface area contributed by atoms with Gasteiger partial charge in [0.2, 0.25) is 5.91 Å². The quantitative estimate of drug-likeness (QED) is 0.558. The van der Waals surface area contributed by atoms with Gasteiger partial charge in [0.05, 0.1) is 18.4 Å². The average molecular weight is 475 g/mol. The van der Waals surface area contributed by atoms with Crippen LogP contribution in [0.1, 0.15) is 16.8 Å². The molecule has 0 N–H and O–H groups in total. The Balaban J connectivity index is 1.25. The molecule has 0 atom stereocenters. The van der Waals surface area contributed by atoms with Crippen molar-refractivity contribution in [3.05, 3.63) is 72.4 Å². The number of para-hydroxylation sites is 1. The van der Waals surface area contributed by atoms with Crippen molar-refractivity contribution in [3.8, 4) is 5.75 Å². The number of hydrogen-bond acceptors (Lipinski definition) is 6. The molecule has 3 aromatic rings. The second kappa shape index (κ2) is 9.77. The van der Waals surface area contributed by atoms with Crippen molar-refractivity contribution in [2.45, 2.75) is 16.3 Å². The average Bonchev–Trinajstić information content (AvgIpc) is 3.01. The van der Waals surface area contributed by atoms with E-state index in [1.807, 2.05) is 47.4 Å². The van der Waals surface area contributed by atoms with Crippen LogP contribution in [0.3, 0.4) is 0 Å². The maximum atomic E-state index is 13.4. The Hall–Kier alpha value is -3.52. The zero-order chi connectivity index (χ0) is 23.5. The molecule has 3 heterocycles. The third-order valence-corrected chi connectivity index (χ3v) is 7.29. The smallest absolute Gasteiger partial charge is 0.261 e. The molecule has 7 nitrogen and oxygen atoms in total. The van der Waals surface area contributed by atoms with E-state index in [0.29, 0.717) is 30.2 Å². The number of fused-ring (bicyclic) bond motifs is 2. The second-order valence-electron chi connectivity index (χ2n) is 8.20. The highest BCUT2D eigenvalue weighted by Crippen LogP contribution is 2.40. The van der Waals surface area contributed by atoms with Gasteiger partial charge in [-0.3, -0.25) is 9.59 Å². The van der Waals surface area contributed by atoms with Crippen LogP contribution in [-0.4, -0.2) is 61.5 Å². The lowest BCUT2D eigenvalue weighted by Gasteiger charge is -2.36. The number of anilines is 2. The highest BCUT2D eigenvalue weighted by Gasteiger charge is 2.29. The summed E-state index contributed by atoms with van der Waals surface area (Å²) in [6.45, 7) is 3.17. The van der Waals surface area contributed by atoms with Crippen LogP contribution in [0, 0.1) is 0 Å². The summed E-state index contributed by atoms with van der Waals surface area (Å²) < 4.78 is 5.33. The summed E-state index contributed by atoms with van der Waals surface area (Å²) in [6, 6.07) is 19.4. The minimum atomic E-state index is -0.115. The summed E-state index contributed by atoms with van der Waals surface area (Å²) in [7, 11) is 1.66. The van der Waals surface area contributed by atoms with Crippen molar-refractivity contribution >= 4 is 35.0 Å². The first kappa shape index (κ1) is 22.3. The first-order valence-corrected chi connectivity index (χ1v) is 12.2. The molecule has 0 unspecified atom stereocenters. The van der Waals surface area contributed by atoms with Crippen LogP contribution < -0.4 is 14.5 Å². The standard InChI is InChI=1S/C26H26N4O3S/c1-33-20-7-4-6-19(18-20)28-14-16-29(17-15-28)24(31)11-13-30-22-9-2-3-10-23(22)34-25-21(26(30)32)8-5-12-27-25/h2-10,12,18H,11,13-17H2,1H3. The maximum absolute atomic E-state index is 13.4. The molecule has 2 aromatic carbocycles. The number of hydrogen-bond donors (Lipinski definition) is 0. The summed E-state index contributed by atoms with van der Waals surface area (Å²) in [5.74, 6) is 0.781. The van der Waals surface area contributed by atoms with Gasteiger partial charge in [0.15, 0.2) is 0 Å². The van der Waals surface area contributed by atoms with E-state index in [4.69, 9.17) is 4.74 Å². The van der Waals surface area contributed by atoms with E-state index in [1.54, 1.807) is 30.3 Å². The maximum Gasteiger partial charge on any atom is 0.261 e. The van der Waals surface area contributed by atoms with Crippen LogP contribution in [0.4, 0.5) is 11.4 Å². The van der Waals surface area contributed by atoms with Crippen LogP contribution in [0.25, 0.3) is 0 Å². The van der Waals surface area contributed by atoms with Gasteiger partial charge in [-0.15, -0.1) is 0 Å². The topological polar surface area (TPSA) is 66.0 Å². The van der Waals surface area contributed by atoms with E-state index in [9.17, 15) is 9.59 Å². The Kier molecular flexibility index (Phi) is 6.40. The first-order valence-electron chi connectivity index (χ1n) is 11.3. The molecule has 1 saturated heterocycles. The highest BCUT2D eigenvalue weighted by atomic mass is 32.2. The number of benzene rings is 2. The van der Waals surface area contributed by atoms with E-state index in [0.717, 1.165) is 35.1 Å². The minimum absolute atomic E-state index is 0.0684. The van der Waals surface area contributed by atoms with E-state index < -0.39 is 0 Å². The minimum Gasteiger partial charge on any atom is -0.497 e. The Morgan fingerprint density at radius 1 is 1.03 bits per heavy atom. The number of nitrogens with zero attached hydrogens (tertiary/aromatic N) is 4. The predicted molar refractivity (Wildman–Crippen MR) is 133 cm³/mol. The predicted octanol–water partition coefficient (Wildman–Crippen LogP) is 3.94. The molecule has 1 fully saturated rings. The molecule has 5 rings (SSSR count). The molecular weight excluding hydrogens is 448 g/mol. The molecule has 1 aromatic heterocycles. The van der Waals surface area contributed by atoms with Crippen LogP contribution in [0.5, 0.6) is 5.75 Å². The van der Waals surface area contributed by atoms with E-state index in [1.165, 1.54) is 11.8 Å². The first-order chi connectivity index (χ1) is 16.6. The normalized spacial score (nSPS) is 15.4. The van der Waals surface area contributed by atoms with Crippen molar-refractivity contribution in [3.63, 3.8) is 0 Å². The Bertz CT molecular complexity index is 1210. The van der Waals surface area contributed by atoms with Crippen molar-refractivity contribution in [1.29, 1.82) is 0 Å². The van der Waals surface area contributed by atoms with Crippen LogP contribution in [-0.2, 0) is 4.79 Å². The van der Waals surface area contributed by atoms with Gasteiger partial charge in [0.1, 0.15) is 10.8 Å². The fraction of sp³-hybridized carbons (Fsp3) is 0.269. The third-order valence-electron chi connectivity index (χ3n) is 6.21. The molecule has 0 radical (unpaired) electrons. The van der Waals surface area contributed by atoms with Gasteiger partial charge >= 0.3 is 0 Å². The summed E-state index contributed by atoms with van der Waals surface area (Å²) in [5.41, 5.74) is 2.50. The van der Waals surface area contributed by atoms with Gasteiger partial charge in [0.25, 0.3) is 5.91 Å². The summed E-state index contributed by atoms with van der Waals surface area (Å²) in [6.07, 6.45) is 1.98. The highest BCUT2D eigenvalue weighted by molar-refractivity contribution is 7.99. The molecule has 0 saturated carbocycles. The van der Waals surface area contributed by atoms with Crippen molar-refractivity contribution in [2.75, 3.05) is 49.6 Å². The van der Waals surface area contributed by atoms with Crippen molar-refractivity contribution in [2.24, 2.45) is 0 Å². The molecule has 34 heavy (non-hydrogen) atoms. The number of carbonyl (C=O) groups is 2. The van der Waals surface area contributed by atoms with E-state index in [2.05, 4.69) is 16.0 Å². The largest absolute Gasteiger partial charge is 0.497 e. The number of piperazine rings is 1. The second-order valence-corrected chi connectivity index (χ2v) is 9.23. The van der Waals surface area contributed by atoms with Crippen LogP contribution in [0.2, 0.25) is 0 Å². The van der Waals surface area contributed by atoms with Gasteiger partial charge in [-0.2, -0.15) is 0 Å². The van der Waals surface area contributed by atoms with Gasteiger partial charge in [-0.05, 0) is 36.4 Å². The van der Waals surface area contributed by atoms with Crippen molar-refractivity contribution < 1.29 is 14.3 Å². The summed E-state index contributed by atoms with van der Waals surface area (Å²) in [5, 5.41) is 0.697. The number of carbonyl (C=O) groups excluding carboxylic acids is 2. The molecule has 0 aliphatic carbocycles. The molecule has 2 aliphatic heterocycles. The zero-order valence-electron chi connectivity index (χ0n) is 19.0. The van der Waals surface area contributed by atoms with Gasteiger partial charge < -0.3 is 19.4 Å². The summed E-state index contributed by atoms with van der Waals surface area (Å²) in [4.78, 5) is 37.7. The lowest BCUT2D eigenvalue weighted by atomic mass is 10.2. The fourth-order valence-corrected chi connectivity index (χ4v) is 5.39. The number of methoxy groups -OCH3 is 1. The van der Waals surface area contributed by atoms with Crippen LogP contribution >= 0.6 is 11.8 Å². The van der Waals surface area contributed by atoms with Gasteiger partial charge in [-0.1, -0.05) is 30.0 Å². The molecule has 8 heteroatoms. The third kappa shape index (κ3) is 4.46. The molecule has 174 valence electrons. The van der Waals surface area contributed by atoms with Gasteiger partial charge in [0, 0.05) is 62.0 Å². The Morgan fingerprint density at radius 2 is 1.85 bits per heavy atom. The fourth-order valence-electron chi connectivity index (χ4n) is 4.37.